The van der Waals surface area contributed by atoms with E-state index in [1.165, 1.54) is 0 Å². The molecular formula is C24H22N4O2. The molecule has 6 heteroatoms. The van der Waals surface area contributed by atoms with Crippen molar-refractivity contribution in [2.45, 2.75) is 20.4 Å². The van der Waals surface area contributed by atoms with Crippen LogP contribution in [0.1, 0.15) is 37.8 Å². The van der Waals surface area contributed by atoms with Crippen molar-refractivity contribution in [1.82, 2.24) is 14.7 Å². The Balaban J connectivity index is 1.61. The number of hydrogen-bond acceptors (Lipinski definition) is 3. The molecule has 2 heterocycles. The number of rotatable bonds is 5. The number of nitrogens with one attached hydrogen (secondary N) is 2. The molecule has 2 aromatic carbocycles. The van der Waals surface area contributed by atoms with E-state index in [9.17, 15) is 9.59 Å². The smallest absolute Gasteiger partial charge is 0.287 e. The second-order valence-electron chi connectivity index (χ2n) is 7.18. The van der Waals surface area contributed by atoms with Crippen molar-refractivity contribution in [3.63, 3.8) is 0 Å². The van der Waals surface area contributed by atoms with Gasteiger partial charge in [-0.05, 0) is 43.2 Å². The lowest BCUT2D eigenvalue weighted by Crippen LogP contribution is -2.25. The Hall–Kier alpha value is -3.93. The van der Waals surface area contributed by atoms with E-state index in [1.807, 2.05) is 68.4 Å². The highest BCUT2D eigenvalue weighted by atomic mass is 16.2. The van der Waals surface area contributed by atoms with Crippen LogP contribution >= 0.6 is 0 Å². The standard InChI is InChI=1S/C24H22N4O2/c1-16-11-12-19(17(2)14-16)26-23(29)21-20-10-6-7-13-28(20)22(27-21)24(30)25-15-18-8-4-3-5-9-18/h3-14H,15H2,1-2H3,(H,25,30)(H,26,29). The quantitative estimate of drug-likeness (QED) is 0.531. The van der Waals surface area contributed by atoms with Gasteiger partial charge in [-0.2, -0.15) is 0 Å². The molecule has 0 unspecified atom stereocenters. The summed E-state index contributed by atoms with van der Waals surface area (Å²) >= 11 is 0. The molecule has 6 nitrogen and oxygen atoms in total. The molecule has 0 saturated heterocycles. The zero-order valence-corrected chi connectivity index (χ0v) is 16.8. The lowest BCUT2D eigenvalue weighted by Gasteiger charge is -2.08. The predicted molar refractivity (Wildman–Crippen MR) is 117 cm³/mol. The number of aromatic nitrogens is 2. The van der Waals surface area contributed by atoms with Crippen molar-refractivity contribution in [2.24, 2.45) is 0 Å². The van der Waals surface area contributed by atoms with Gasteiger partial charge in [0.05, 0.1) is 5.52 Å². The minimum Gasteiger partial charge on any atom is -0.345 e. The Morgan fingerprint density at radius 3 is 2.47 bits per heavy atom. The van der Waals surface area contributed by atoms with Gasteiger partial charge in [0.2, 0.25) is 5.82 Å². The Kier molecular flexibility index (Phi) is 5.30. The van der Waals surface area contributed by atoms with E-state index in [-0.39, 0.29) is 23.3 Å². The number of carbonyl (C=O) groups excluding carboxylic acids is 2. The van der Waals surface area contributed by atoms with Crippen LogP contribution in [0, 0.1) is 13.8 Å². The van der Waals surface area contributed by atoms with Gasteiger partial charge >= 0.3 is 0 Å². The summed E-state index contributed by atoms with van der Waals surface area (Å²) in [4.78, 5) is 30.1. The zero-order chi connectivity index (χ0) is 21.1. The molecule has 0 fully saturated rings. The van der Waals surface area contributed by atoms with E-state index in [4.69, 9.17) is 0 Å². The molecule has 2 aromatic heterocycles. The number of fused-ring (bicyclic) bond motifs is 1. The molecule has 0 saturated carbocycles. The van der Waals surface area contributed by atoms with E-state index in [1.54, 1.807) is 22.7 Å². The molecule has 2 N–H and O–H groups in total. The summed E-state index contributed by atoms with van der Waals surface area (Å²) in [6.45, 7) is 4.32. The van der Waals surface area contributed by atoms with Crippen molar-refractivity contribution >= 4 is 23.0 Å². The van der Waals surface area contributed by atoms with Crippen LogP contribution in [0.3, 0.4) is 0 Å². The maximum absolute atomic E-state index is 13.0. The molecule has 0 aliphatic rings. The highest BCUT2D eigenvalue weighted by Crippen LogP contribution is 2.19. The van der Waals surface area contributed by atoms with Crippen LogP contribution in [0.2, 0.25) is 0 Å². The fourth-order valence-corrected chi connectivity index (χ4v) is 3.36. The largest absolute Gasteiger partial charge is 0.345 e. The molecule has 0 aliphatic carbocycles. The third-order valence-corrected chi connectivity index (χ3v) is 4.89. The van der Waals surface area contributed by atoms with Gasteiger partial charge in [-0.25, -0.2) is 4.98 Å². The number of nitrogens with zero attached hydrogens (tertiary/aromatic N) is 2. The molecule has 4 aromatic rings. The number of anilines is 1. The lowest BCUT2D eigenvalue weighted by atomic mass is 10.1. The summed E-state index contributed by atoms with van der Waals surface area (Å²) < 4.78 is 1.64. The Bertz CT molecular complexity index is 1230. The SMILES string of the molecule is Cc1ccc(NC(=O)c2nc(C(=O)NCc3ccccc3)n3ccccc23)c(C)c1. The fourth-order valence-electron chi connectivity index (χ4n) is 3.36. The van der Waals surface area contributed by atoms with Crippen LogP contribution in [0.25, 0.3) is 5.52 Å². The second-order valence-corrected chi connectivity index (χ2v) is 7.18. The first-order valence-electron chi connectivity index (χ1n) is 9.71. The number of amides is 2. The van der Waals surface area contributed by atoms with E-state index < -0.39 is 0 Å². The number of aryl methyl sites for hydroxylation is 2. The van der Waals surface area contributed by atoms with E-state index >= 15 is 0 Å². The van der Waals surface area contributed by atoms with E-state index in [0.29, 0.717) is 12.1 Å². The highest BCUT2D eigenvalue weighted by molar-refractivity contribution is 6.09. The molecule has 30 heavy (non-hydrogen) atoms. The number of imidazole rings is 1. The first kappa shape index (κ1) is 19.4. The predicted octanol–water partition coefficient (Wildman–Crippen LogP) is 4.13. The van der Waals surface area contributed by atoms with E-state index in [2.05, 4.69) is 15.6 Å². The summed E-state index contributed by atoms with van der Waals surface area (Å²) in [5.41, 5.74) is 4.57. The summed E-state index contributed by atoms with van der Waals surface area (Å²) in [5, 5.41) is 5.78. The second kappa shape index (κ2) is 8.21. The van der Waals surface area contributed by atoms with Crippen LogP contribution < -0.4 is 10.6 Å². The third kappa shape index (κ3) is 3.93. The molecule has 0 radical (unpaired) electrons. The van der Waals surface area contributed by atoms with E-state index in [0.717, 1.165) is 22.4 Å². The summed E-state index contributed by atoms with van der Waals surface area (Å²) in [7, 11) is 0. The van der Waals surface area contributed by atoms with Gasteiger partial charge in [0.25, 0.3) is 11.8 Å². The number of carbonyl (C=O) groups is 2. The molecule has 4 rings (SSSR count). The first-order chi connectivity index (χ1) is 14.5. The maximum Gasteiger partial charge on any atom is 0.287 e. The van der Waals surface area contributed by atoms with Gasteiger partial charge in [0.15, 0.2) is 5.69 Å². The van der Waals surface area contributed by atoms with Crippen LogP contribution in [0.15, 0.2) is 72.9 Å². The van der Waals surface area contributed by atoms with Crippen molar-refractivity contribution in [3.8, 4) is 0 Å². The van der Waals surface area contributed by atoms with Crippen LogP contribution in [-0.2, 0) is 6.54 Å². The topological polar surface area (TPSA) is 75.5 Å². The van der Waals surface area contributed by atoms with Crippen molar-refractivity contribution in [3.05, 3.63) is 101 Å². The molecule has 2 amide bonds. The third-order valence-electron chi connectivity index (χ3n) is 4.89. The van der Waals surface area contributed by atoms with Crippen molar-refractivity contribution in [1.29, 1.82) is 0 Å². The monoisotopic (exact) mass is 398 g/mol. The van der Waals surface area contributed by atoms with Gasteiger partial charge in [0.1, 0.15) is 0 Å². The maximum atomic E-state index is 13.0. The minimum absolute atomic E-state index is 0.173. The molecule has 0 aliphatic heterocycles. The number of benzene rings is 2. The van der Waals surface area contributed by atoms with Crippen LogP contribution in [0.4, 0.5) is 5.69 Å². The van der Waals surface area contributed by atoms with Crippen LogP contribution in [0.5, 0.6) is 0 Å². The zero-order valence-electron chi connectivity index (χ0n) is 16.8. The highest BCUT2D eigenvalue weighted by Gasteiger charge is 2.21. The minimum atomic E-state index is -0.354. The molecule has 0 spiro atoms. The first-order valence-corrected chi connectivity index (χ1v) is 9.71. The fraction of sp³-hybridized carbons (Fsp3) is 0.125. The van der Waals surface area contributed by atoms with Gasteiger partial charge < -0.3 is 10.6 Å². The van der Waals surface area contributed by atoms with Crippen molar-refractivity contribution in [2.75, 3.05) is 5.32 Å². The van der Waals surface area contributed by atoms with Gasteiger partial charge in [-0.15, -0.1) is 0 Å². The summed E-state index contributed by atoms with van der Waals surface area (Å²) in [6.07, 6.45) is 1.73. The van der Waals surface area contributed by atoms with Gasteiger partial charge in [-0.3, -0.25) is 14.0 Å². The molecular weight excluding hydrogens is 376 g/mol. The summed E-state index contributed by atoms with van der Waals surface area (Å²) in [5.74, 6) is -0.523. The Morgan fingerprint density at radius 1 is 0.933 bits per heavy atom. The Morgan fingerprint density at radius 2 is 1.70 bits per heavy atom. The number of pyridine rings is 1. The molecule has 0 atom stereocenters. The molecule has 150 valence electrons. The average molecular weight is 398 g/mol. The van der Waals surface area contributed by atoms with Crippen LogP contribution in [-0.4, -0.2) is 21.2 Å². The van der Waals surface area contributed by atoms with Crippen molar-refractivity contribution < 1.29 is 9.59 Å². The average Bonchev–Trinajstić information content (AvgIpc) is 3.15. The molecule has 0 bridgehead atoms. The number of hydrogen-bond donors (Lipinski definition) is 2. The van der Waals surface area contributed by atoms with Gasteiger partial charge in [0, 0.05) is 18.4 Å². The normalized spacial score (nSPS) is 10.7. The lowest BCUT2D eigenvalue weighted by molar-refractivity contribution is 0.0940. The summed E-state index contributed by atoms with van der Waals surface area (Å²) in [6, 6.07) is 20.8. The Labute approximate surface area is 174 Å². The van der Waals surface area contributed by atoms with Gasteiger partial charge in [-0.1, -0.05) is 54.1 Å².